The Morgan fingerprint density at radius 1 is 1.38 bits per heavy atom. The maximum Gasteiger partial charge on any atom is 0.387 e. The molecule has 8 heteroatoms. The third-order valence-electron chi connectivity index (χ3n) is 2.60. The number of methoxy groups -OCH3 is 1. The van der Waals surface area contributed by atoms with E-state index in [2.05, 4.69) is 14.8 Å². The summed E-state index contributed by atoms with van der Waals surface area (Å²) in [6.07, 6.45) is -0.152. The number of hydrogen-bond donors (Lipinski definition) is 2. The Labute approximate surface area is 120 Å². The Morgan fingerprint density at radius 3 is 2.67 bits per heavy atom. The van der Waals surface area contributed by atoms with Gasteiger partial charge in [-0.3, -0.25) is 9.59 Å². The molecule has 3 N–H and O–H groups in total. The molecule has 0 aliphatic rings. The Morgan fingerprint density at radius 2 is 2.10 bits per heavy atom. The molecule has 0 fully saturated rings. The van der Waals surface area contributed by atoms with Crippen LogP contribution < -0.4 is 15.8 Å². The van der Waals surface area contributed by atoms with Gasteiger partial charge in [0.05, 0.1) is 26.1 Å². The van der Waals surface area contributed by atoms with Gasteiger partial charge in [-0.25, -0.2) is 0 Å². The first-order valence-electron chi connectivity index (χ1n) is 6.07. The van der Waals surface area contributed by atoms with E-state index in [1.165, 1.54) is 25.3 Å². The molecule has 1 rings (SSSR count). The van der Waals surface area contributed by atoms with Gasteiger partial charge in [-0.2, -0.15) is 8.78 Å². The van der Waals surface area contributed by atoms with Crippen LogP contribution in [0, 0.1) is 0 Å². The Bertz CT molecular complexity index is 479. The summed E-state index contributed by atoms with van der Waals surface area (Å²) in [6, 6.07) is 4.97. The minimum absolute atomic E-state index is 0.0700. The molecule has 0 bridgehead atoms. The summed E-state index contributed by atoms with van der Waals surface area (Å²) in [4.78, 5) is 22.8. The minimum Gasteiger partial charge on any atom is -0.469 e. The van der Waals surface area contributed by atoms with E-state index in [9.17, 15) is 18.4 Å². The number of alkyl halides is 2. The second-order valence-corrected chi connectivity index (χ2v) is 4.06. The minimum atomic E-state index is -2.96. The van der Waals surface area contributed by atoms with E-state index in [-0.39, 0.29) is 18.7 Å². The molecule has 21 heavy (non-hydrogen) atoms. The molecule has 0 unspecified atom stereocenters. The summed E-state index contributed by atoms with van der Waals surface area (Å²) in [5, 5.41) is 2.52. The van der Waals surface area contributed by atoms with Crippen molar-refractivity contribution in [2.24, 2.45) is 5.73 Å². The standard InChI is InChI=1S/C13H16F2N2O4/c1-20-12(19)6-10(17-11(18)7-16)8-3-2-4-9(5-8)21-13(14)15/h2-5,10,13H,6-7,16H2,1H3,(H,17,18)/t10-/m0/s1. The first kappa shape index (κ1) is 16.8. The van der Waals surface area contributed by atoms with E-state index in [1.54, 1.807) is 6.07 Å². The molecule has 1 aromatic carbocycles. The van der Waals surface area contributed by atoms with Gasteiger partial charge >= 0.3 is 12.6 Å². The number of esters is 1. The molecule has 0 aliphatic carbocycles. The largest absolute Gasteiger partial charge is 0.469 e. The van der Waals surface area contributed by atoms with Crippen molar-refractivity contribution in [3.63, 3.8) is 0 Å². The fourth-order valence-corrected chi connectivity index (χ4v) is 1.66. The molecule has 0 saturated heterocycles. The lowest BCUT2D eigenvalue weighted by Gasteiger charge is -2.18. The van der Waals surface area contributed by atoms with Crippen molar-refractivity contribution in [3.05, 3.63) is 29.8 Å². The molecule has 0 saturated carbocycles. The first-order valence-corrected chi connectivity index (χ1v) is 6.07. The summed E-state index contributed by atoms with van der Waals surface area (Å²) in [7, 11) is 1.21. The second kappa shape index (κ2) is 8.15. The molecule has 1 atom stereocenters. The summed E-state index contributed by atoms with van der Waals surface area (Å²) in [5.74, 6) is -1.11. The molecular weight excluding hydrogens is 286 g/mol. The molecule has 6 nitrogen and oxygen atoms in total. The Kier molecular flexibility index (Phi) is 6.54. The van der Waals surface area contributed by atoms with Crippen molar-refractivity contribution in [2.75, 3.05) is 13.7 Å². The average Bonchev–Trinajstić information content (AvgIpc) is 2.45. The quantitative estimate of drug-likeness (QED) is 0.732. The molecule has 0 heterocycles. The number of benzene rings is 1. The van der Waals surface area contributed by atoms with Crippen LogP contribution >= 0.6 is 0 Å². The van der Waals surface area contributed by atoms with E-state index in [4.69, 9.17) is 5.73 Å². The Balaban J connectivity index is 2.95. The van der Waals surface area contributed by atoms with Gasteiger partial charge in [-0.05, 0) is 17.7 Å². The fourth-order valence-electron chi connectivity index (χ4n) is 1.66. The number of rotatable bonds is 7. The first-order chi connectivity index (χ1) is 9.96. The third kappa shape index (κ3) is 5.74. The number of nitrogens with one attached hydrogen (secondary N) is 1. The highest BCUT2D eigenvalue weighted by Gasteiger charge is 2.19. The maximum absolute atomic E-state index is 12.2. The number of halogens is 2. The van der Waals surface area contributed by atoms with Gasteiger partial charge in [0.25, 0.3) is 0 Å². The molecule has 0 aromatic heterocycles. The van der Waals surface area contributed by atoms with E-state index in [1.807, 2.05) is 0 Å². The van der Waals surface area contributed by atoms with Gasteiger partial charge in [0.15, 0.2) is 0 Å². The van der Waals surface area contributed by atoms with Crippen LogP contribution in [0.25, 0.3) is 0 Å². The predicted octanol–water partition coefficient (Wildman–Crippen LogP) is 0.967. The average molecular weight is 302 g/mol. The third-order valence-corrected chi connectivity index (χ3v) is 2.60. The van der Waals surface area contributed by atoms with E-state index < -0.39 is 24.5 Å². The van der Waals surface area contributed by atoms with Gasteiger partial charge in [-0.15, -0.1) is 0 Å². The van der Waals surface area contributed by atoms with Crippen molar-refractivity contribution in [1.29, 1.82) is 0 Å². The predicted molar refractivity (Wildman–Crippen MR) is 69.6 cm³/mol. The molecule has 0 spiro atoms. The second-order valence-electron chi connectivity index (χ2n) is 4.06. The highest BCUT2D eigenvalue weighted by Crippen LogP contribution is 2.23. The summed E-state index contributed by atoms with van der Waals surface area (Å²) in [5.41, 5.74) is 5.64. The van der Waals surface area contributed by atoms with E-state index in [0.717, 1.165) is 0 Å². The van der Waals surface area contributed by atoms with Gasteiger partial charge in [0, 0.05) is 0 Å². The van der Waals surface area contributed by atoms with E-state index in [0.29, 0.717) is 5.56 Å². The number of hydrogen-bond acceptors (Lipinski definition) is 5. The summed E-state index contributed by atoms with van der Waals surface area (Å²) >= 11 is 0. The lowest BCUT2D eigenvalue weighted by atomic mass is 10.0. The molecular formula is C13H16F2N2O4. The highest BCUT2D eigenvalue weighted by molar-refractivity contribution is 5.79. The molecule has 1 amide bonds. The molecule has 116 valence electrons. The smallest absolute Gasteiger partial charge is 0.387 e. The number of ether oxygens (including phenoxy) is 2. The summed E-state index contributed by atoms with van der Waals surface area (Å²) in [6.45, 7) is -3.22. The fraction of sp³-hybridized carbons (Fsp3) is 0.385. The van der Waals surface area contributed by atoms with Gasteiger partial charge in [0.2, 0.25) is 5.91 Å². The maximum atomic E-state index is 12.2. The number of amides is 1. The van der Waals surface area contributed by atoms with Crippen LogP contribution in [0.4, 0.5) is 8.78 Å². The lowest BCUT2D eigenvalue weighted by Crippen LogP contribution is -2.35. The highest BCUT2D eigenvalue weighted by atomic mass is 19.3. The van der Waals surface area contributed by atoms with Crippen LogP contribution in [-0.4, -0.2) is 32.1 Å². The van der Waals surface area contributed by atoms with Crippen molar-refractivity contribution >= 4 is 11.9 Å². The van der Waals surface area contributed by atoms with Crippen LogP contribution in [0.1, 0.15) is 18.0 Å². The SMILES string of the molecule is COC(=O)C[C@H](NC(=O)CN)c1cccc(OC(F)F)c1. The van der Waals surface area contributed by atoms with Crippen molar-refractivity contribution in [3.8, 4) is 5.75 Å². The zero-order chi connectivity index (χ0) is 15.8. The van der Waals surface area contributed by atoms with Crippen molar-refractivity contribution in [1.82, 2.24) is 5.32 Å². The van der Waals surface area contributed by atoms with Crippen LogP contribution in [0.3, 0.4) is 0 Å². The lowest BCUT2D eigenvalue weighted by molar-refractivity contribution is -0.141. The van der Waals surface area contributed by atoms with Gasteiger partial charge in [-0.1, -0.05) is 12.1 Å². The summed E-state index contributed by atoms with van der Waals surface area (Å²) < 4.78 is 33.2. The number of nitrogens with two attached hydrogens (primary N) is 1. The van der Waals surface area contributed by atoms with Crippen LogP contribution in [0.15, 0.2) is 24.3 Å². The van der Waals surface area contributed by atoms with E-state index >= 15 is 0 Å². The Hall–Kier alpha value is -2.22. The van der Waals surface area contributed by atoms with Crippen molar-refractivity contribution in [2.45, 2.75) is 19.1 Å². The van der Waals surface area contributed by atoms with Crippen LogP contribution in [0.5, 0.6) is 5.75 Å². The topological polar surface area (TPSA) is 90.7 Å². The monoisotopic (exact) mass is 302 g/mol. The van der Waals surface area contributed by atoms with Gasteiger partial charge in [0.1, 0.15) is 5.75 Å². The van der Waals surface area contributed by atoms with Crippen LogP contribution in [0.2, 0.25) is 0 Å². The number of carbonyl (C=O) groups excluding carboxylic acids is 2. The number of carbonyl (C=O) groups is 2. The zero-order valence-corrected chi connectivity index (χ0v) is 11.3. The normalized spacial score (nSPS) is 11.9. The molecule has 1 aromatic rings. The zero-order valence-electron chi connectivity index (χ0n) is 11.3. The van der Waals surface area contributed by atoms with Crippen LogP contribution in [-0.2, 0) is 14.3 Å². The molecule has 0 radical (unpaired) electrons. The molecule has 0 aliphatic heterocycles. The van der Waals surface area contributed by atoms with Crippen molar-refractivity contribution < 1.29 is 27.8 Å². The van der Waals surface area contributed by atoms with Gasteiger partial charge < -0.3 is 20.5 Å².